The van der Waals surface area contributed by atoms with Gasteiger partial charge in [0.15, 0.2) is 5.79 Å². The number of hydrogen-bond donors (Lipinski definition) is 2. The van der Waals surface area contributed by atoms with Crippen molar-refractivity contribution >= 4 is 5.69 Å². The molecule has 110 valence electrons. The number of hydrogen-bond acceptors (Lipinski definition) is 5. The molecule has 0 saturated carbocycles. The van der Waals surface area contributed by atoms with Crippen LogP contribution in [0.4, 0.5) is 5.69 Å². The fourth-order valence-corrected chi connectivity index (χ4v) is 2.80. The van der Waals surface area contributed by atoms with E-state index in [4.69, 9.17) is 14.2 Å². The van der Waals surface area contributed by atoms with Crippen LogP contribution in [-0.2, 0) is 14.2 Å². The summed E-state index contributed by atoms with van der Waals surface area (Å²) in [7, 11) is 0. The van der Waals surface area contributed by atoms with Crippen molar-refractivity contribution in [3.05, 3.63) is 30.3 Å². The summed E-state index contributed by atoms with van der Waals surface area (Å²) in [4.78, 5) is 0. The number of benzene rings is 1. The minimum atomic E-state index is -0.636. The first-order chi connectivity index (χ1) is 9.55. The molecule has 0 aliphatic carbocycles. The Hall–Kier alpha value is -1.14. The first-order valence-corrected chi connectivity index (χ1v) is 6.99. The Morgan fingerprint density at radius 2 is 2.05 bits per heavy atom. The van der Waals surface area contributed by atoms with E-state index in [1.165, 1.54) is 0 Å². The molecule has 0 unspecified atom stereocenters. The van der Waals surface area contributed by atoms with E-state index in [2.05, 4.69) is 5.32 Å². The zero-order valence-corrected chi connectivity index (χ0v) is 11.8. The van der Waals surface area contributed by atoms with Crippen molar-refractivity contribution in [1.82, 2.24) is 0 Å². The van der Waals surface area contributed by atoms with Gasteiger partial charge in [0.2, 0.25) is 0 Å². The number of ether oxygens (including phenoxy) is 3. The van der Waals surface area contributed by atoms with Crippen LogP contribution in [-0.4, -0.2) is 48.5 Å². The summed E-state index contributed by atoms with van der Waals surface area (Å²) in [6.07, 6.45) is -1.26. The van der Waals surface area contributed by atoms with Crippen molar-refractivity contribution in [2.75, 3.05) is 18.5 Å². The number of anilines is 1. The van der Waals surface area contributed by atoms with E-state index in [-0.39, 0.29) is 18.3 Å². The molecule has 2 heterocycles. The number of para-hydroxylation sites is 1. The fourth-order valence-electron chi connectivity index (χ4n) is 2.80. The van der Waals surface area contributed by atoms with Crippen LogP contribution in [0.25, 0.3) is 0 Å². The van der Waals surface area contributed by atoms with Crippen LogP contribution in [0, 0.1) is 0 Å². The zero-order valence-electron chi connectivity index (χ0n) is 11.8. The lowest BCUT2D eigenvalue weighted by molar-refractivity contribution is -0.183. The van der Waals surface area contributed by atoms with Gasteiger partial charge in [-0.1, -0.05) is 18.2 Å². The lowest BCUT2D eigenvalue weighted by Gasteiger charge is -2.25. The SMILES string of the molecule is CC1(C)O[C@H]2[C@@H]([C@@H](O)CNc3ccccc3)OC[C@H]2O1. The Bertz CT molecular complexity index is 450. The summed E-state index contributed by atoms with van der Waals surface area (Å²) >= 11 is 0. The molecule has 20 heavy (non-hydrogen) atoms. The molecule has 2 fully saturated rings. The fraction of sp³-hybridized carbons (Fsp3) is 0.600. The number of rotatable bonds is 4. The van der Waals surface area contributed by atoms with Crippen molar-refractivity contribution < 1.29 is 19.3 Å². The van der Waals surface area contributed by atoms with E-state index in [1.807, 2.05) is 44.2 Å². The minimum absolute atomic E-state index is 0.0821. The van der Waals surface area contributed by atoms with Gasteiger partial charge < -0.3 is 24.6 Å². The highest BCUT2D eigenvalue weighted by molar-refractivity contribution is 5.42. The zero-order chi connectivity index (χ0) is 14.2. The molecule has 5 nitrogen and oxygen atoms in total. The van der Waals surface area contributed by atoms with Crippen molar-refractivity contribution in [2.24, 2.45) is 0 Å². The van der Waals surface area contributed by atoms with Crippen LogP contribution in [0.5, 0.6) is 0 Å². The van der Waals surface area contributed by atoms with Crippen LogP contribution in [0.15, 0.2) is 30.3 Å². The Labute approximate surface area is 118 Å². The van der Waals surface area contributed by atoms with E-state index in [0.29, 0.717) is 13.2 Å². The molecule has 1 aromatic rings. The van der Waals surface area contributed by atoms with E-state index in [9.17, 15) is 5.11 Å². The molecule has 5 heteroatoms. The van der Waals surface area contributed by atoms with E-state index >= 15 is 0 Å². The molecular formula is C15H21NO4. The largest absolute Gasteiger partial charge is 0.388 e. The van der Waals surface area contributed by atoms with Crippen LogP contribution in [0.2, 0.25) is 0 Å². The molecule has 0 aromatic heterocycles. The van der Waals surface area contributed by atoms with Crippen LogP contribution >= 0.6 is 0 Å². The highest BCUT2D eigenvalue weighted by Crippen LogP contribution is 2.36. The molecule has 0 bridgehead atoms. The number of aliphatic hydroxyl groups is 1. The maximum absolute atomic E-state index is 10.3. The van der Waals surface area contributed by atoms with E-state index < -0.39 is 11.9 Å². The van der Waals surface area contributed by atoms with Gasteiger partial charge in [-0.25, -0.2) is 0 Å². The maximum atomic E-state index is 10.3. The molecule has 2 saturated heterocycles. The molecule has 2 aliphatic heterocycles. The smallest absolute Gasteiger partial charge is 0.164 e. The van der Waals surface area contributed by atoms with Gasteiger partial charge in [0.05, 0.1) is 12.7 Å². The summed E-state index contributed by atoms with van der Waals surface area (Å²) in [5.41, 5.74) is 0.977. The first-order valence-electron chi connectivity index (χ1n) is 6.99. The third kappa shape index (κ3) is 2.81. The summed E-state index contributed by atoms with van der Waals surface area (Å²) in [6, 6.07) is 9.78. The van der Waals surface area contributed by atoms with Gasteiger partial charge >= 0.3 is 0 Å². The van der Waals surface area contributed by atoms with Gasteiger partial charge in [-0.3, -0.25) is 0 Å². The standard InChI is InChI=1S/C15H21NO4/c1-15(2)19-12-9-18-13(14(12)20-15)11(17)8-16-10-6-4-3-5-7-10/h3-7,11-14,16-17H,8-9H2,1-2H3/t11-,12+,13+,14+/m0/s1. The maximum Gasteiger partial charge on any atom is 0.164 e. The number of fused-ring (bicyclic) bond motifs is 1. The van der Waals surface area contributed by atoms with Crippen LogP contribution in [0.1, 0.15) is 13.8 Å². The highest BCUT2D eigenvalue weighted by atomic mass is 16.8. The third-order valence-corrected chi connectivity index (χ3v) is 3.67. The Kier molecular flexibility index (Phi) is 3.69. The van der Waals surface area contributed by atoms with E-state index in [1.54, 1.807) is 0 Å². The lowest BCUT2D eigenvalue weighted by Crippen LogP contribution is -2.42. The van der Waals surface area contributed by atoms with Gasteiger partial charge in [0.1, 0.15) is 18.3 Å². The van der Waals surface area contributed by atoms with Gasteiger partial charge in [-0.05, 0) is 26.0 Å². The van der Waals surface area contributed by atoms with Crippen LogP contribution in [0.3, 0.4) is 0 Å². The lowest BCUT2D eigenvalue weighted by atomic mass is 10.1. The van der Waals surface area contributed by atoms with Crippen molar-refractivity contribution in [1.29, 1.82) is 0 Å². The molecular weight excluding hydrogens is 258 g/mol. The minimum Gasteiger partial charge on any atom is -0.388 e. The predicted molar refractivity (Wildman–Crippen MR) is 74.5 cm³/mol. The van der Waals surface area contributed by atoms with Gasteiger partial charge in [-0.2, -0.15) is 0 Å². The Morgan fingerprint density at radius 3 is 2.80 bits per heavy atom. The normalized spacial score (nSPS) is 32.9. The molecule has 4 atom stereocenters. The van der Waals surface area contributed by atoms with Crippen molar-refractivity contribution in [3.63, 3.8) is 0 Å². The first kappa shape index (κ1) is 13.8. The monoisotopic (exact) mass is 279 g/mol. The van der Waals surface area contributed by atoms with E-state index in [0.717, 1.165) is 5.69 Å². The quantitative estimate of drug-likeness (QED) is 0.872. The Morgan fingerprint density at radius 1 is 1.30 bits per heavy atom. The van der Waals surface area contributed by atoms with Crippen molar-refractivity contribution in [3.8, 4) is 0 Å². The van der Waals surface area contributed by atoms with Crippen molar-refractivity contribution in [2.45, 2.75) is 44.1 Å². The summed E-state index contributed by atoms with van der Waals surface area (Å²) in [5, 5.41) is 13.5. The molecule has 2 aliphatic rings. The molecule has 1 aromatic carbocycles. The van der Waals surface area contributed by atoms with Gasteiger partial charge in [-0.15, -0.1) is 0 Å². The molecule has 0 amide bonds. The van der Waals surface area contributed by atoms with Crippen LogP contribution < -0.4 is 5.32 Å². The molecule has 0 spiro atoms. The average molecular weight is 279 g/mol. The average Bonchev–Trinajstić information content (AvgIpc) is 2.92. The summed E-state index contributed by atoms with van der Waals surface area (Å²) in [5.74, 6) is -0.593. The Balaban J connectivity index is 1.57. The second-order valence-corrected chi connectivity index (χ2v) is 5.75. The third-order valence-electron chi connectivity index (χ3n) is 3.67. The summed E-state index contributed by atoms with van der Waals surface area (Å²) in [6.45, 7) is 4.66. The number of nitrogens with one attached hydrogen (secondary N) is 1. The predicted octanol–water partition coefficient (Wildman–Crippen LogP) is 1.38. The second kappa shape index (κ2) is 5.33. The topological polar surface area (TPSA) is 60.0 Å². The second-order valence-electron chi connectivity index (χ2n) is 5.75. The molecule has 2 N–H and O–H groups in total. The van der Waals surface area contributed by atoms with Gasteiger partial charge in [0.25, 0.3) is 0 Å². The molecule has 0 radical (unpaired) electrons. The molecule has 3 rings (SSSR count). The number of aliphatic hydroxyl groups excluding tert-OH is 1. The van der Waals surface area contributed by atoms with Gasteiger partial charge in [0, 0.05) is 12.2 Å². The highest BCUT2D eigenvalue weighted by Gasteiger charge is 2.52. The summed E-state index contributed by atoms with van der Waals surface area (Å²) < 4.78 is 17.2.